The summed E-state index contributed by atoms with van der Waals surface area (Å²) in [5.41, 5.74) is 9.71. The Labute approximate surface area is 116 Å². The van der Waals surface area contributed by atoms with Crippen LogP contribution in [0.25, 0.3) is 0 Å². The second-order valence-corrected chi connectivity index (χ2v) is 5.54. The fourth-order valence-corrected chi connectivity index (χ4v) is 2.83. The Hall–Kier alpha value is -1.26. The minimum absolute atomic E-state index is 0.231. The molecule has 18 heavy (non-hydrogen) atoms. The van der Waals surface area contributed by atoms with Gasteiger partial charge in [-0.2, -0.15) is 0 Å². The summed E-state index contributed by atoms with van der Waals surface area (Å²) in [4.78, 5) is 9.34. The zero-order chi connectivity index (χ0) is 13.3. The summed E-state index contributed by atoms with van der Waals surface area (Å²) >= 11 is 7.38. The number of rotatable bonds is 2. The predicted molar refractivity (Wildman–Crippen MR) is 76.2 cm³/mol. The molecule has 0 fully saturated rings. The van der Waals surface area contributed by atoms with Crippen molar-refractivity contribution in [1.29, 1.82) is 0 Å². The Kier molecular flexibility index (Phi) is 3.78. The van der Waals surface area contributed by atoms with E-state index in [1.165, 1.54) is 22.9 Å². The highest BCUT2D eigenvalue weighted by Gasteiger charge is 2.10. The SMILES string of the molecule is Cc1ccc(Sc2nc(Cl)nc(C)c2N)c(C)c1. The largest absolute Gasteiger partial charge is 0.395 e. The summed E-state index contributed by atoms with van der Waals surface area (Å²) in [6.45, 7) is 5.97. The highest BCUT2D eigenvalue weighted by atomic mass is 35.5. The third-order valence-electron chi connectivity index (χ3n) is 2.61. The van der Waals surface area contributed by atoms with Crippen LogP contribution in [-0.4, -0.2) is 9.97 Å². The molecule has 0 spiro atoms. The topological polar surface area (TPSA) is 51.8 Å². The molecular formula is C13H14ClN3S. The van der Waals surface area contributed by atoms with Gasteiger partial charge in [-0.1, -0.05) is 29.5 Å². The van der Waals surface area contributed by atoms with Crippen molar-refractivity contribution >= 4 is 29.1 Å². The molecule has 3 nitrogen and oxygen atoms in total. The molecule has 2 N–H and O–H groups in total. The monoisotopic (exact) mass is 279 g/mol. The molecule has 94 valence electrons. The van der Waals surface area contributed by atoms with Crippen LogP contribution in [0.3, 0.4) is 0 Å². The minimum Gasteiger partial charge on any atom is -0.395 e. The molecule has 0 unspecified atom stereocenters. The van der Waals surface area contributed by atoms with E-state index in [-0.39, 0.29) is 5.28 Å². The summed E-state index contributed by atoms with van der Waals surface area (Å²) in [5, 5.41) is 0.938. The molecule has 2 aromatic rings. The number of nitrogen functional groups attached to an aromatic ring is 1. The fraction of sp³-hybridized carbons (Fsp3) is 0.231. The number of aryl methyl sites for hydroxylation is 3. The summed E-state index contributed by atoms with van der Waals surface area (Å²) < 4.78 is 0. The third-order valence-corrected chi connectivity index (χ3v) is 3.96. The van der Waals surface area contributed by atoms with Crippen LogP contribution in [0.5, 0.6) is 0 Å². The average Bonchev–Trinajstić information content (AvgIpc) is 2.29. The number of nitrogens with two attached hydrogens (primary N) is 1. The van der Waals surface area contributed by atoms with Crippen LogP contribution in [0.2, 0.25) is 5.28 Å². The average molecular weight is 280 g/mol. The van der Waals surface area contributed by atoms with Gasteiger partial charge in [-0.15, -0.1) is 0 Å². The number of nitrogens with zero attached hydrogens (tertiary/aromatic N) is 2. The first-order valence-electron chi connectivity index (χ1n) is 5.52. The van der Waals surface area contributed by atoms with Crippen LogP contribution in [-0.2, 0) is 0 Å². The molecule has 0 aliphatic carbocycles. The quantitative estimate of drug-likeness (QED) is 0.671. The van der Waals surface area contributed by atoms with Crippen molar-refractivity contribution < 1.29 is 0 Å². The third kappa shape index (κ3) is 2.76. The number of anilines is 1. The molecule has 0 saturated heterocycles. The van der Waals surface area contributed by atoms with E-state index in [1.54, 1.807) is 0 Å². The lowest BCUT2D eigenvalue weighted by Crippen LogP contribution is -1.99. The molecule has 5 heteroatoms. The summed E-state index contributed by atoms with van der Waals surface area (Å²) in [6, 6.07) is 6.27. The van der Waals surface area contributed by atoms with Crippen LogP contribution in [0.15, 0.2) is 28.1 Å². The zero-order valence-electron chi connectivity index (χ0n) is 10.5. The van der Waals surface area contributed by atoms with Gasteiger partial charge in [-0.3, -0.25) is 0 Å². The first-order chi connectivity index (χ1) is 8.47. The van der Waals surface area contributed by atoms with E-state index in [0.717, 1.165) is 4.90 Å². The van der Waals surface area contributed by atoms with Crippen molar-refractivity contribution in [2.45, 2.75) is 30.7 Å². The first kappa shape index (κ1) is 13.2. The number of hydrogen-bond acceptors (Lipinski definition) is 4. The normalized spacial score (nSPS) is 10.7. The van der Waals surface area contributed by atoms with Gasteiger partial charge in [0, 0.05) is 4.90 Å². The number of benzene rings is 1. The van der Waals surface area contributed by atoms with Crippen molar-refractivity contribution in [3.63, 3.8) is 0 Å². The van der Waals surface area contributed by atoms with Gasteiger partial charge < -0.3 is 5.73 Å². The van der Waals surface area contributed by atoms with Gasteiger partial charge in [0.25, 0.3) is 0 Å². The van der Waals surface area contributed by atoms with Gasteiger partial charge in [-0.05, 0) is 44.0 Å². The maximum absolute atomic E-state index is 5.97. The van der Waals surface area contributed by atoms with Gasteiger partial charge in [-0.25, -0.2) is 9.97 Å². The van der Waals surface area contributed by atoms with E-state index < -0.39 is 0 Å². The number of hydrogen-bond donors (Lipinski definition) is 1. The number of aromatic nitrogens is 2. The molecule has 0 amide bonds. The Morgan fingerprint density at radius 2 is 1.89 bits per heavy atom. The van der Waals surface area contributed by atoms with Gasteiger partial charge >= 0.3 is 0 Å². The highest BCUT2D eigenvalue weighted by Crippen LogP contribution is 2.34. The van der Waals surface area contributed by atoms with Crippen molar-refractivity contribution in [2.75, 3.05) is 5.73 Å². The van der Waals surface area contributed by atoms with Crippen LogP contribution >= 0.6 is 23.4 Å². The molecule has 0 atom stereocenters. The Balaban J connectivity index is 2.40. The lowest BCUT2D eigenvalue weighted by Gasteiger charge is -2.09. The van der Waals surface area contributed by atoms with E-state index in [0.29, 0.717) is 16.4 Å². The molecule has 1 heterocycles. The second kappa shape index (κ2) is 5.16. The Morgan fingerprint density at radius 3 is 2.56 bits per heavy atom. The second-order valence-electron chi connectivity index (χ2n) is 4.17. The van der Waals surface area contributed by atoms with Gasteiger partial charge in [0.15, 0.2) is 0 Å². The minimum atomic E-state index is 0.231. The highest BCUT2D eigenvalue weighted by molar-refractivity contribution is 7.99. The molecule has 0 saturated carbocycles. The molecule has 0 bridgehead atoms. The van der Waals surface area contributed by atoms with E-state index in [4.69, 9.17) is 17.3 Å². The van der Waals surface area contributed by atoms with Crippen molar-refractivity contribution in [2.24, 2.45) is 0 Å². The van der Waals surface area contributed by atoms with Crippen molar-refractivity contribution in [3.05, 3.63) is 40.3 Å². The molecule has 1 aromatic heterocycles. The van der Waals surface area contributed by atoms with Gasteiger partial charge in [0.1, 0.15) is 5.03 Å². The van der Waals surface area contributed by atoms with E-state index in [2.05, 4.69) is 42.0 Å². The van der Waals surface area contributed by atoms with Gasteiger partial charge in [0.05, 0.1) is 11.4 Å². The summed E-state index contributed by atoms with van der Waals surface area (Å²) in [7, 11) is 0. The van der Waals surface area contributed by atoms with Crippen molar-refractivity contribution in [1.82, 2.24) is 9.97 Å². The van der Waals surface area contributed by atoms with Crippen molar-refractivity contribution in [3.8, 4) is 0 Å². The fourth-order valence-electron chi connectivity index (χ4n) is 1.62. The number of halogens is 1. The van der Waals surface area contributed by atoms with E-state index in [9.17, 15) is 0 Å². The first-order valence-corrected chi connectivity index (χ1v) is 6.71. The van der Waals surface area contributed by atoms with Gasteiger partial charge in [0.2, 0.25) is 5.28 Å². The van der Waals surface area contributed by atoms with E-state index >= 15 is 0 Å². The lowest BCUT2D eigenvalue weighted by molar-refractivity contribution is 1.02. The Bertz CT molecular complexity index is 599. The molecule has 0 aliphatic heterocycles. The van der Waals surface area contributed by atoms with E-state index in [1.807, 2.05) is 6.92 Å². The van der Waals surface area contributed by atoms with Crippen LogP contribution < -0.4 is 5.73 Å². The zero-order valence-corrected chi connectivity index (χ0v) is 12.1. The molecule has 0 radical (unpaired) electrons. The molecule has 0 aliphatic rings. The molecule has 1 aromatic carbocycles. The standard InChI is InChI=1S/C13H14ClN3S/c1-7-4-5-10(8(2)6-7)18-12-11(15)9(3)16-13(14)17-12/h4-6H,15H2,1-3H3. The smallest absolute Gasteiger partial charge is 0.223 e. The van der Waals surface area contributed by atoms with Crippen LogP contribution in [0.4, 0.5) is 5.69 Å². The van der Waals surface area contributed by atoms with Crippen LogP contribution in [0.1, 0.15) is 16.8 Å². The maximum Gasteiger partial charge on any atom is 0.223 e. The Morgan fingerprint density at radius 1 is 1.17 bits per heavy atom. The summed E-state index contributed by atoms with van der Waals surface area (Å²) in [6.07, 6.45) is 0. The predicted octanol–water partition coefficient (Wildman–Crippen LogP) is 3.79. The lowest BCUT2D eigenvalue weighted by atomic mass is 10.2. The maximum atomic E-state index is 5.97. The van der Waals surface area contributed by atoms with Crippen LogP contribution in [0, 0.1) is 20.8 Å². The molecular weight excluding hydrogens is 266 g/mol. The molecule has 2 rings (SSSR count). The summed E-state index contributed by atoms with van der Waals surface area (Å²) in [5.74, 6) is 0.